The van der Waals surface area contributed by atoms with Crippen molar-refractivity contribution in [3.63, 3.8) is 0 Å². The van der Waals surface area contributed by atoms with E-state index in [0.717, 1.165) is 30.3 Å². The fourth-order valence-electron chi connectivity index (χ4n) is 3.03. The highest BCUT2D eigenvalue weighted by Gasteiger charge is 2.15. The van der Waals surface area contributed by atoms with Crippen molar-refractivity contribution in [3.05, 3.63) is 35.4 Å². The topological polar surface area (TPSA) is 25.8 Å². The van der Waals surface area contributed by atoms with E-state index in [0.29, 0.717) is 0 Å². The molecule has 2 heteroatoms. The largest absolute Gasteiger partial charge is 0.241 e. The van der Waals surface area contributed by atoms with Crippen LogP contribution in [0, 0.1) is 5.92 Å². The Labute approximate surface area is 143 Å². The van der Waals surface area contributed by atoms with E-state index in [1.54, 1.807) is 5.57 Å². The molecule has 0 saturated carbocycles. The molecule has 0 aliphatic heterocycles. The molecule has 0 saturated heterocycles. The van der Waals surface area contributed by atoms with Crippen LogP contribution in [0.5, 0.6) is 0 Å². The van der Waals surface area contributed by atoms with Gasteiger partial charge in [-0.25, -0.2) is 9.97 Å². The molecule has 0 aromatic carbocycles. The van der Waals surface area contributed by atoms with E-state index >= 15 is 0 Å². The van der Waals surface area contributed by atoms with Crippen molar-refractivity contribution in [1.29, 1.82) is 0 Å². The molecule has 0 aliphatic rings. The lowest BCUT2D eigenvalue weighted by atomic mass is 9.86. The van der Waals surface area contributed by atoms with Gasteiger partial charge in [-0.2, -0.15) is 0 Å². The summed E-state index contributed by atoms with van der Waals surface area (Å²) >= 11 is 0. The van der Waals surface area contributed by atoms with E-state index in [1.165, 1.54) is 51.4 Å². The molecule has 0 N–H and O–H groups in total. The van der Waals surface area contributed by atoms with Gasteiger partial charge in [0.05, 0.1) is 0 Å². The van der Waals surface area contributed by atoms with Gasteiger partial charge in [0.2, 0.25) is 0 Å². The Morgan fingerprint density at radius 2 is 1.74 bits per heavy atom. The highest BCUT2D eigenvalue weighted by molar-refractivity contribution is 5.15. The fraction of sp³-hybridized carbons (Fsp3) is 0.714. The molecule has 1 aromatic rings. The monoisotopic (exact) mass is 316 g/mol. The van der Waals surface area contributed by atoms with Crippen molar-refractivity contribution < 1.29 is 0 Å². The average Bonchev–Trinajstić information content (AvgIpc) is 2.59. The average molecular weight is 317 g/mol. The van der Waals surface area contributed by atoms with Crippen LogP contribution in [0.25, 0.3) is 0 Å². The summed E-state index contributed by atoms with van der Waals surface area (Å²) in [4.78, 5) is 9.26. The highest BCUT2D eigenvalue weighted by Crippen LogP contribution is 2.27. The summed E-state index contributed by atoms with van der Waals surface area (Å²) in [5.41, 5.74) is 2.74. The summed E-state index contributed by atoms with van der Waals surface area (Å²) in [5.74, 6) is 1.72. The number of unbranched alkanes of at least 4 members (excludes halogenated alkanes) is 3. The van der Waals surface area contributed by atoms with E-state index in [4.69, 9.17) is 4.98 Å². The molecule has 0 aliphatic carbocycles. The lowest BCUT2D eigenvalue weighted by Gasteiger charge is -2.20. The van der Waals surface area contributed by atoms with Crippen molar-refractivity contribution in [2.75, 3.05) is 0 Å². The van der Waals surface area contributed by atoms with Gasteiger partial charge in [-0.05, 0) is 37.7 Å². The van der Waals surface area contributed by atoms with Gasteiger partial charge < -0.3 is 0 Å². The number of nitrogens with zero attached hydrogens (tertiary/aromatic N) is 2. The van der Waals surface area contributed by atoms with Gasteiger partial charge in [0.25, 0.3) is 0 Å². The molecule has 0 radical (unpaired) electrons. The summed E-state index contributed by atoms with van der Waals surface area (Å²) in [5, 5.41) is 0. The van der Waals surface area contributed by atoms with E-state index in [-0.39, 0.29) is 0 Å². The first-order chi connectivity index (χ1) is 11.2. The Kier molecular flexibility index (Phi) is 10.6. The second-order valence-corrected chi connectivity index (χ2v) is 6.54. The first-order valence-corrected chi connectivity index (χ1v) is 9.74. The third-order valence-corrected chi connectivity index (χ3v) is 4.52. The van der Waals surface area contributed by atoms with E-state index in [1.807, 2.05) is 12.3 Å². The van der Waals surface area contributed by atoms with Gasteiger partial charge in [-0.1, -0.05) is 71.4 Å². The number of hydrogen-bond donors (Lipinski definition) is 0. The molecule has 0 bridgehead atoms. The summed E-state index contributed by atoms with van der Waals surface area (Å²) in [6, 6.07) is 2.03. The standard InChI is InChI=1S/C21H36N2/c1-5-9-12-18(13-10-6-2)19(14-11-7-3)17-21-22-16-15-20(8-4)23-21/h14-16,18H,5-13,17H2,1-4H3/b19-14-. The minimum Gasteiger partial charge on any atom is -0.241 e. The molecule has 2 nitrogen and oxygen atoms in total. The van der Waals surface area contributed by atoms with Gasteiger partial charge in [-0.15, -0.1) is 0 Å². The van der Waals surface area contributed by atoms with E-state index in [9.17, 15) is 0 Å². The smallest absolute Gasteiger partial charge is 0.132 e. The highest BCUT2D eigenvalue weighted by atomic mass is 14.9. The zero-order valence-electron chi connectivity index (χ0n) is 15.8. The van der Waals surface area contributed by atoms with E-state index in [2.05, 4.69) is 38.8 Å². The van der Waals surface area contributed by atoms with Gasteiger partial charge >= 0.3 is 0 Å². The van der Waals surface area contributed by atoms with Crippen LogP contribution >= 0.6 is 0 Å². The fourth-order valence-corrected chi connectivity index (χ4v) is 3.03. The van der Waals surface area contributed by atoms with Crippen LogP contribution in [-0.2, 0) is 12.8 Å². The third kappa shape index (κ3) is 7.76. The van der Waals surface area contributed by atoms with Crippen LogP contribution in [0.15, 0.2) is 23.9 Å². The molecular weight excluding hydrogens is 280 g/mol. The van der Waals surface area contributed by atoms with Crippen LogP contribution in [0.2, 0.25) is 0 Å². The quantitative estimate of drug-likeness (QED) is 0.423. The normalized spacial score (nSPS) is 12.1. The molecule has 0 amide bonds. The molecular formula is C21H36N2. The number of rotatable bonds is 12. The van der Waals surface area contributed by atoms with Crippen LogP contribution in [-0.4, -0.2) is 9.97 Å². The predicted octanol–water partition coefficient (Wildman–Crippen LogP) is 6.30. The molecule has 0 atom stereocenters. The number of allylic oxidation sites excluding steroid dienone is 2. The SMILES string of the molecule is CCC/C=C(/Cc1nccc(CC)n1)C(CCCC)CCCC. The maximum Gasteiger partial charge on any atom is 0.132 e. The third-order valence-electron chi connectivity index (χ3n) is 4.52. The molecule has 0 fully saturated rings. The molecule has 0 spiro atoms. The van der Waals surface area contributed by atoms with Crippen molar-refractivity contribution in [1.82, 2.24) is 9.97 Å². The minimum absolute atomic E-state index is 0.718. The molecule has 1 aromatic heterocycles. The summed E-state index contributed by atoms with van der Waals surface area (Å²) in [7, 11) is 0. The molecule has 1 rings (SSSR count). The van der Waals surface area contributed by atoms with Gasteiger partial charge in [0.15, 0.2) is 0 Å². The number of hydrogen-bond acceptors (Lipinski definition) is 2. The van der Waals surface area contributed by atoms with Crippen LogP contribution in [0.1, 0.15) is 90.6 Å². The zero-order valence-corrected chi connectivity index (χ0v) is 15.8. The predicted molar refractivity (Wildman–Crippen MR) is 101 cm³/mol. The Balaban J connectivity index is 2.89. The van der Waals surface area contributed by atoms with Crippen molar-refractivity contribution in [2.45, 2.75) is 91.9 Å². The molecule has 23 heavy (non-hydrogen) atoms. The number of aromatic nitrogens is 2. The Morgan fingerprint density at radius 3 is 2.30 bits per heavy atom. The van der Waals surface area contributed by atoms with E-state index < -0.39 is 0 Å². The van der Waals surface area contributed by atoms with Crippen molar-refractivity contribution in [2.24, 2.45) is 5.92 Å². The second kappa shape index (κ2) is 12.3. The maximum absolute atomic E-state index is 4.73. The van der Waals surface area contributed by atoms with Crippen LogP contribution in [0.4, 0.5) is 0 Å². The molecule has 0 unspecified atom stereocenters. The Bertz CT molecular complexity index is 443. The first-order valence-electron chi connectivity index (χ1n) is 9.74. The second-order valence-electron chi connectivity index (χ2n) is 6.54. The lowest BCUT2D eigenvalue weighted by molar-refractivity contribution is 0.465. The lowest BCUT2D eigenvalue weighted by Crippen LogP contribution is -2.10. The number of aryl methyl sites for hydroxylation is 1. The Hall–Kier alpha value is -1.18. The van der Waals surface area contributed by atoms with Crippen molar-refractivity contribution in [3.8, 4) is 0 Å². The summed E-state index contributed by atoms with van der Waals surface area (Å²) in [6.45, 7) is 9.00. The van der Waals surface area contributed by atoms with Crippen molar-refractivity contribution >= 4 is 0 Å². The minimum atomic E-state index is 0.718. The summed E-state index contributed by atoms with van der Waals surface area (Å²) in [6.07, 6.45) is 16.6. The first kappa shape index (κ1) is 19.9. The van der Waals surface area contributed by atoms with Gasteiger partial charge in [0, 0.05) is 18.3 Å². The van der Waals surface area contributed by atoms with Gasteiger partial charge in [-0.3, -0.25) is 0 Å². The Morgan fingerprint density at radius 1 is 1.04 bits per heavy atom. The van der Waals surface area contributed by atoms with Crippen LogP contribution < -0.4 is 0 Å². The molecule has 1 heterocycles. The molecule has 130 valence electrons. The van der Waals surface area contributed by atoms with Crippen LogP contribution in [0.3, 0.4) is 0 Å². The maximum atomic E-state index is 4.73. The summed E-state index contributed by atoms with van der Waals surface area (Å²) < 4.78 is 0. The van der Waals surface area contributed by atoms with Gasteiger partial charge in [0.1, 0.15) is 5.82 Å². The zero-order chi connectivity index (χ0) is 16.9.